The van der Waals surface area contributed by atoms with Crippen LogP contribution in [0.5, 0.6) is 5.75 Å². The van der Waals surface area contributed by atoms with Crippen molar-refractivity contribution >= 4 is 5.82 Å². The number of morpholine rings is 1. The molecule has 0 atom stereocenters. The predicted molar refractivity (Wildman–Crippen MR) is 54.4 cm³/mol. The van der Waals surface area contributed by atoms with Gasteiger partial charge in [-0.25, -0.2) is 4.98 Å². The lowest BCUT2D eigenvalue weighted by Gasteiger charge is -2.28. The third-order valence-corrected chi connectivity index (χ3v) is 2.31. The number of aromatic nitrogens is 2. The van der Waals surface area contributed by atoms with Crippen LogP contribution in [0.25, 0.3) is 0 Å². The van der Waals surface area contributed by atoms with Gasteiger partial charge < -0.3 is 19.4 Å². The first-order valence-corrected chi connectivity index (χ1v) is 4.77. The molecule has 0 aliphatic carbocycles. The summed E-state index contributed by atoms with van der Waals surface area (Å²) in [6, 6.07) is 0. The van der Waals surface area contributed by atoms with E-state index < -0.39 is 0 Å². The van der Waals surface area contributed by atoms with Gasteiger partial charge in [0.05, 0.1) is 26.7 Å². The van der Waals surface area contributed by atoms with E-state index in [-0.39, 0.29) is 11.3 Å². The van der Waals surface area contributed by atoms with E-state index in [4.69, 9.17) is 9.47 Å². The Hall–Kier alpha value is -1.56. The molecule has 0 spiro atoms. The van der Waals surface area contributed by atoms with Crippen LogP contribution in [0.4, 0.5) is 5.82 Å². The second kappa shape index (κ2) is 4.31. The maximum absolute atomic E-state index is 11.4. The van der Waals surface area contributed by atoms with Crippen LogP contribution in [0.1, 0.15) is 0 Å². The molecular formula is C9H13N3O3. The molecule has 0 bridgehead atoms. The zero-order valence-corrected chi connectivity index (χ0v) is 8.52. The second-order valence-electron chi connectivity index (χ2n) is 3.19. The Kier molecular flexibility index (Phi) is 2.86. The molecule has 1 N–H and O–H groups in total. The van der Waals surface area contributed by atoms with Crippen molar-refractivity contribution in [1.82, 2.24) is 9.97 Å². The number of methoxy groups -OCH3 is 1. The van der Waals surface area contributed by atoms with Crippen LogP contribution >= 0.6 is 0 Å². The number of hydrogen-bond donors (Lipinski definition) is 1. The molecule has 1 aromatic heterocycles. The number of nitrogens with zero attached hydrogens (tertiary/aromatic N) is 2. The molecule has 0 amide bonds. The SMILES string of the molecule is COc1c(N2CCOCC2)nc[nH]c1=O. The average molecular weight is 211 g/mol. The van der Waals surface area contributed by atoms with Gasteiger partial charge in [0.25, 0.3) is 5.56 Å². The minimum Gasteiger partial charge on any atom is -0.489 e. The lowest BCUT2D eigenvalue weighted by molar-refractivity contribution is 0.122. The van der Waals surface area contributed by atoms with E-state index in [1.165, 1.54) is 13.4 Å². The van der Waals surface area contributed by atoms with Gasteiger partial charge in [0.1, 0.15) is 0 Å². The van der Waals surface area contributed by atoms with Crippen molar-refractivity contribution in [3.05, 3.63) is 16.7 Å². The summed E-state index contributed by atoms with van der Waals surface area (Å²) in [5.74, 6) is 0.851. The quantitative estimate of drug-likeness (QED) is 0.722. The molecule has 6 nitrogen and oxygen atoms in total. The molecule has 1 aliphatic heterocycles. The van der Waals surface area contributed by atoms with E-state index in [1.807, 2.05) is 4.90 Å². The van der Waals surface area contributed by atoms with Crippen molar-refractivity contribution in [2.75, 3.05) is 38.3 Å². The normalized spacial score (nSPS) is 16.5. The molecule has 1 aliphatic rings. The fourth-order valence-corrected chi connectivity index (χ4v) is 1.56. The number of rotatable bonds is 2. The molecule has 2 heterocycles. The highest BCUT2D eigenvalue weighted by Gasteiger charge is 2.18. The Bertz CT molecular complexity index is 384. The molecule has 1 fully saturated rings. The van der Waals surface area contributed by atoms with Crippen LogP contribution < -0.4 is 15.2 Å². The van der Waals surface area contributed by atoms with E-state index in [1.54, 1.807) is 0 Å². The summed E-state index contributed by atoms with van der Waals surface area (Å²) < 4.78 is 10.3. The summed E-state index contributed by atoms with van der Waals surface area (Å²) in [5.41, 5.74) is -0.256. The van der Waals surface area contributed by atoms with E-state index in [0.717, 1.165) is 13.1 Å². The molecule has 6 heteroatoms. The van der Waals surface area contributed by atoms with Crippen LogP contribution in [-0.4, -0.2) is 43.4 Å². The lowest BCUT2D eigenvalue weighted by Crippen LogP contribution is -2.37. The van der Waals surface area contributed by atoms with Crippen molar-refractivity contribution in [3.8, 4) is 5.75 Å². The van der Waals surface area contributed by atoms with Crippen molar-refractivity contribution in [2.45, 2.75) is 0 Å². The zero-order chi connectivity index (χ0) is 10.7. The molecule has 2 rings (SSSR count). The number of H-pyrrole nitrogens is 1. The first-order chi connectivity index (χ1) is 7.33. The van der Waals surface area contributed by atoms with E-state index in [9.17, 15) is 4.79 Å². The van der Waals surface area contributed by atoms with Crippen molar-refractivity contribution in [3.63, 3.8) is 0 Å². The summed E-state index contributed by atoms with van der Waals surface area (Å²) >= 11 is 0. The number of hydrogen-bond acceptors (Lipinski definition) is 5. The van der Waals surface area contributed by atoms with Gasteiger partial charge in [-0.3, -0.25) is 4.79 Å². The Balaban J connectivity index is 2.33. The van der Waals surface area contributed by atoms with Gasteiger partial charge in [-0.05, 0) is 0 Å². The number of nitrogens with one attached hydrogen (secondary N) is 1. The fraction of sp³-hybridized carbons (Fsp3) is 0.556. The molecule has 82 valence electrons. The first-order valence-electron chi connectivity index (χ1n) is 4.77. The molecule has 0 aromatic carbocycles. The van der Waals surface area contributed by atoms with Gasteiger partial charge in [0.15, 0.2) is 5.82 Å². The third-order valence-electron chi connectivity index (χ3n) is 2.31. The summed E-state index contributed by atoms with van der Waals surface area (Å²) in [6.45, 7) is 2.76. The molecule has 1 aromatic rings. The number of aromatic amines is 1. The smallest absolute Gasteiger partial charge is 0.295 e. The summed E-state index contributed by atoms with van der Waals surface area (Å²) in [7, 11) is 1.47. The van der Waals surface area contributed by atoms with Gasteiger partial charge in [-0.2, -0.15) is 0 Å². The van der Waals surface area contributed by atoms with E-state index in [2.05, 4.69) is 9.97 Å². The highest BCUT2D eigenvalue weighted by atomic mass is 16.5. The van der Waals surface area contributed by atoms with Gasteiger partial charge in [-0.15, -0.1) is 0 Å². The summed E-state index contributed by atoms with van der Waals surface area (Å²) in [4.78, 5) is 20.0. The largest absolute Gasteiger partial charge is 0.489 e. The second-order valence-corrected chi connectivity index (χ2v) is 3.19. The molecule has 0 radical (unpaired) electrons. The third kappa shape index (κ3) is 1.94. The standard InChI is InChI=1S/C9H13N3O3/c1-14-7-8(10-6-11-9(7)13)12-2-4-15-5-3-12/h6H,2-5H2,1H3,(H,10,11,13). The molecule has 1 saturated heterocycles. The van der Waals surface area contributed by atoms with Crippen molar-refractivity contribution in [2.24, 2.45) is 0 Å². The Morgan fingerprint density at radius 2 is 2.27 bits per heavy atom. The first kappa shape index (κ1) is 9.97. The van der Waals surface area contributed by atoms with Gasteiger partial charge in [-0.1, -0.05) is 0 Å². The molecule has 15 heavy (non-hydrogen) atoms. The predicted octanol–water partition coefficient (Wildman–Crippen LogP) is -0.385. The Morgan fingerprint density at radius 1 is 1.53 bits per heavy atom. The molecule has 0 unspecified atom stereocenters. The summed E-state index contributed by atoms with van der Waals surface area (Å²) in [6.07, 6.45) is 1.38. The minimum absolute atomic E-state index is 0.256. The van der Waals surface area contributed by atoms with Crippen LogP contribution in [0.3, 0.4) is 0 Å². The highest BCUT2D eigenvalue weighted by Crippen LogP contribution is 2.20. The van der Waals surface area contributed by atoms with Crippen molar-refractivity contribution < 1.29 is 9.47 Å². The van der Waals surface area contributed by atoms with E-state index in [0.29, 0.717) is 19.0 Å². The lowest BCUT2D eigenvalue weighted by atomic mass is 10.4. The molecular weight excluding hydrogens is 198 g/mol. The number of anilines is 1. The maximum Gasteiger partial charge on any atom is 0.295 e. The van der Waals surface area contributed by atoms with Crippen molar-refractivity contribution in [1.29, 1.82) is 0 Å². The maximum atomic E-state index is 11.4. The van der Waals surface area contributed by atoms with E-state index >= 15 is 0 Å². The van der Waals surface area contributed by atoms with Crippen LogP contribution in [0, 0.1) is 0 Å². The minimum atomic E-state index is -0.256. The topological polar surface area (TPSA) is 67.5 Å². The van der Waals surface area contributed by atoms with Crippen LogP contribution in [0.15, 0.2) is 11.1 Å². The zero-order valence-electron chi connectivity index (χ0n) is 8.52. The highest BCUT2D eigenvalue weighted by molar-refractivity contribution is 5.50. The number of ether oxygens (including phenoxy) is 2. The average Bonchev–Trinajstić information content (AvgIpc) is 2.30. The van der Waals surface area contributed by atoms with Crippen LogP contribution in [-0.2, 0) is 4.74 Å². The van der Waals surface area contributed by atoms with Gasteiger partial charge >= 0.3 is 0 Å². The summed E-state index contributed by atoms with van der Waals surface area (Å²) in [5, 5.41) is 0. The monoisotopic (exact) mass is 211 g/mol. The van der Waals surface area contributed by atoms with Gasteiger partial charge in [0, 0.05) is 13.1 Å². The van der Waals surface area contributed by atoms with Gasteiger partial charge in [0.2, 0.25) is 5.75 Å². The Morgan fingerprint density at radius 3 is 2.93 bits per heavy atom. The fourth-order valence-electron chi connectivity index (χ4n) is 1.56. The Labute approximate surface area is 86.8 Å². The molecule has 0 saturated carbocycles. The van der Waals surface area contributed by atoms with Crippen LogP contribution in [0.2, 0.25) is 0 Å².